The van der Waals surface area contributed by atoms with Crippen molar-refractivity contribution < 1.29 is 4.74 Å². The molecular weight excluding hydrogens is 300 g/mol. The summed E-state index contributed by atoms with van der Waals surface area (Å²) >= 11 is 0.877. The first-order valence-electron chi connectivity index (χ1n) is 6.67. The van der Waals surface area contributed by atoms with Gasteiger partial charge in [0.05, 0.1) is 18.5 Å². The number of rotatable bonds is 3. The number of benzene rings is 2. The van der Waals surface area contributed by atoms with Gasteiger partial charge in [0.2, 0.25) is 0 Å². The van der Waals surface area contributed by atoms with Gasteiger partial charge >= 0.3 is 10.6 Å². The van der Waals surface area contributed by atoms with Gasteiger partial charge in [0.15, 0.2) is 0 Å². The summed E-state index contributed by atoms with van der Waals surface area (Å²) in [5.74, 6) is 0.696. The van der Waals surface area contributed by atoms with Gasteiger partial charge < -0.3 is 4.74 Å². The largest absolute Gasteiger partial charge is 0.497 e. The third kappa shape index (κ3) is 2.48. The van der Waals surface area contributed by atoms with Crippen LogP contribution >= 0.6 is 11.5 Å². The van der Waals surface area contributed by atoms with Crippen LogP contribution in [0, 0.1) is 6.92 Å². The third-order valence-electron chi connectivity index (χ3n) is 3.32. The lowest BCUT2D eigenvalue weighted by molar-refractivity contribution is 0.415. The molecule has 1 aromatic heterocycles. The molecule has 0 N–H and O–H groups in total. The number of nitrogens with zero attached hydrogens (tertiary/aromatic N) is 2. The van der Waals surface area contributed by atoms with Crippen LogP contribution in [-0.2, 0) is 0 Å². The van der Waals surface area contributed by atoms with E-state index in [0.29, 0.717) is 17.1 Å². The second-order valence-corrected chi connectivity index (χ2v) is 5.70. The highest BCUT2D eigenvalue weighted by Crippen LogP contribution is 2.15. The molecule has 1 heterocycles. The first-order valence-corrected chi connectivity index (χ1v) is 7.44. The van der Waals surface area contributed by atoms with Crippen LogP contribution in [0.15, 0.2) is 58.1 Å². The van der Waals surface area contributed by atoms with Crippen molar-refractivity contribution in [3.05, 3.63) is 74.2 Å². The van der Waals surface area contributed by atoms with Crippen molar-refractivity contribution in [2.24, 2.45) is 0 Å². The Balaban J connectivity index is 2.12. The molecule has 0 amide bonds. The Labute approximate surface area is 130 Å². The van der Waals surface area contributed by atoms with E-state index < -0.39 is 0 Å². The molecule has 0 radical (unpaired) electrons. The molecule has 0 saturated carbocycles. The molecule has 2 aromatic carbocycles. The Bertz CT molecular complexity index is 902. The highest BCUT2D eigenvalue weighted by Gasteiger charge is 2.13. The van der Waals surface area contributed by atoms with Gasteiger partial charge in [-0.25, -0.2) is 13.3 Å². The average Bonchev–Trinajstić information content (AvgIpc) is 2.83. The molecule has 0 aliphatic rings. The average molecular weight is 314 g/mol. The van der Waals surface area contributed by atoms with Crippen molar-refractivity contribution in [1.82, 2.24) is 8.52 Å². The Morgan fingerprint density at radius 3 is 2.09 bits per heavy atom. The van der Waals surface area contributed by atoms with E-state index in [9.17, 15) is 9.59 Å². The molecule has 0 saturated heterocycles. The standard InChI is InChI=1S/C16H14N2O3S/c1-11-3-5-12(6-4-11)17-15(19)18(22-16(17)20)13-7-9-14(21-2)10-8-13/h3-10H,1-2H3. The molecular formula is C16H14N2O3S. The van der Waals surface area contributed by atoms with Gasteiger partial charge in [0.25, 0.3) is 0 Å². The molecule has 0 spiro atoms. The van der Waals surface area contributed by atoms with E-state index in [-0.39, 0.29) is 10.6 Å². The fourth-order valence-electron chi connectivity index (χ4n) is 2.12. The SMILES string of the molecule is COc1ccc(-n2sc(=O)n(-c3ccc(C)cc3)c2=O)cc1. The van der Waals surface area contributed by atoms with Gasteiger partial charge in [-0.15, -0.1) is 0 Å². The molecule has 3 aromatic rings. The Morgan fingerprint density at radius 2 is 1.50 bits per heavy atom. The van der Waals surface area contributed by atoms with E-state index in [1.165, 1.54) is 8.52 Å². The molecule has 22 heavy (non-hydrogen) atoms. The van der Waals surface area contributed by atoms with E-state index in [1.54, 1.807) is 43.5 Å². The maximum absolute atomic E-state index is 12.5. The third-order valence-corrected chi connectivity index (χ3v) is 4.20. The molecule has 0 atom stereocenters. The fourth-order valence-corrected chi connectivity index (χ4v) is 2.93. The first-order chi connectivity index (χ1) is 10.6. The Kier molecular flexibility index (Phi) is 3.68. The van der Waals surface area contributed by atoms with Crippen LogP contribution in [0.1, 0.15) is 5.56 Å². The van der Waals surface area contributed by atoms with Gasteiger partial charge in [-0.1, -0.05) is 17.7 Å². The van der Waals surface area contributed by atoms with E-state index in [4.69, 9.17) is 4.74 Å². The van der Waals surface area contributed by atoms with Crippen molar-refractivity contribution >= 4 is 11.5 Å². The summed E-state index contributed by atoms with van der Waals surface area (Å²) in [7, 11) is 1.58. The minimum Gasteiger partial charge on any atom is -0.497 e. The van der Waals surface area contributed by atoms with E-state index >= 15 is 0 Å². The molecule has 0 bridgehead atoms. The van der Waals surface area contributed by atoms with Crippen LogP contribution in [0.4, 0.5) is 0 Å². The second kappa shape index (κ2) is 5.65. The lowest BCUT2D eigenvalue weighted by Crippen LogP contribution is -2.26. The van der Waals surface area contributed by atoms with Crippen LogP contribution in [0.2, 0.25) is 0 Å². The van der Waals surface area contributed by atoms with Crippen LogP contribution in [-0.4, -0.2) is 15.6 Å². The fraction of sp³-hybridized carbons (Fsp3) is 0.125. The van der Waals surface area contributed by atoms with Crippen molar-refractivity contribution in [3.8, 4) is 17.1 Å². The molecule has 0 aliphatic heterocycles. The minimum atomic E-state index is -0.371. The predicted octanol–water partition coefficient (Wildman–Crippen LogP) is 2.37. The summed E-state index contributed by atoms with van der Waals surface area (Å²) in [6.45, 7) is 1.95. The quantitative estimate of drug-likeness (QED) is 0.746. The van der Waals surface area contributed by atoms with Crippen LogP contribution in [0.5, 0.6) is 5.75 Å². The van der Waals surface area contributed by atoms with Gasteiger partial charge in [0.1, 0.15) is 5.75 Å². The first kappa shape index (κ1) is 14.3. The second-order valence-electron chi connectivity index (χ2n) is 4.80. The van der Waals surface area contributed by atoms with Crippen LogP contribution in [0.25, 0.3) is 11.4 Å². The van der Waals surface area contributed by atoms with Crippen molar-refractivity contribution in [2.45, 2.75) is 6.92 Å². The lowest BCUT2D eigenvalue weighted by Gasteiger charge is -2.03. The lowest BCUT2D eigenvalue weighted by atomic mass is 10.2. The minimum absolute atomic E-state index is 0.315. The summed E-state index contributed by atoms with van der Waals surface area (Å²) in [5.41, 5.74) is 1.91. The molecule has 3 rings (SSSR count). The zero-order chi connectivity index (χ0) is 15.7. The van der Waals surface area contributed by atoms with Gasteiger partial charge in [-0.2, -0.15) is 0 Å². The number of hydrogen-bond acceptors (Lipinski definition) is 4. The number of aromatic nitrogens is 2. The van der Waals surface area contributed by atoms with Crippen molar-refractivity contribution in [1.29, 1.82) is 0 Å². The predicted molar refractivity (Wildman–Crippen MR) is 86.8 cm³/mol. The van der Waals surface area contributed by atoms with E-state index in [2.05, 4.69) is 0 Å². The zero-order valence-corrected chi connectivity index (χ0v) is 13.0. The van der Waals surface area contributed by atoms with E-state index in [1.807, 2.05) is 19.1 Å². The summed E-state index contributed by atoms with van der Waals surface area (Å²) in [5, 5.41) is 0. The number of hydrogen-bond donors (Lipinski definition) is 0. The molecule has 6 heteroatoms. The highest BCUT2D eigenvalue weighted by molar-refractivity contribution is 7.03. The van der Waals surface area contributed by atoms with Crippen molar-refractivity contribution in [2.75, 3.05) is 7.11 Å². The van der Waals surface area contributed by atoms with Gasteiger partial charge in [0, 0.05) is 11.5 Å². The molecule has 0 unspecified atom stereocenters. The summed E-state index contributed by atoms with van der Waals surface area (Å²) in [6.07, 6.45) is 0. The smallest absolute Gasteiger partial charge is 0.350 e. The number of aryl methyl sites for hydroxylation is 1. The van der Waals surface area contributed by atoms with E-state index in [0.717, 1.165) is 17.1 Å². The Morgan fingerprint density at radius 1 is 0.909 bits per heavy atom. The molecule has 0 fully saturated rings. The number of methoxy groups -OCH3 is 1. The Hall–Kier alpha value is -2.60. The normalized spacial score (nSPS) is 10.6. The maximum atomic E-state index is 12.5. The zero-order valence-electron chi connectivity index (χ0n) is 12.1. The van der Waals surface area contributed by atoms with Gasteiger partial charge in [-0.3, -0.25) is 4.79 Å². The molecule has 112 valence electrons. The highest BCUT2D eigenvalue weighted by atomic mass is 32.1. The topological polar surface area (TPSA) is 53.2 Å². The molecule has 0 aliphatic carbocycles. The summed E-state index contributed by atoms with van der Waals surface area (Å²) in [6, 6.07) is 14.3. The van der Waals surface area contributed by atoms with Crippen LogP contribution < -0.4 is 15.3 Å². The van der Waals surface area contributed by atoms with Crippen molar-refractivity contribution in [3.63, 3.8) is 0 Å². The maximum Gasteiger partial charge on any atom is 0.350 e. The summed E-state index contributed by atoms with van der Waals surface area (Å²) in [4.78, 5) is 24.4. The summed E-state index contributed by atoms with van der Waals surface area (Å²) < 4.78 is 7.65. The molecule has 5 nitrogen and oxygen atoms in total. The monoisotopic (exact) mass is 314 g/mol. The van der Waals surface area contributed by atoms with Gasteiger partial charge in [-0.05, 0) is 43.3 Å². The number of ether oxygens (including phenoxy) is 1. The van der Waals surface area contributed by atoms with Crippen LogP contribution in [0.3, 0.4) is 0 Å².